The molecule has 0 aliphatic heterocycles. The molecule has 25 heavy (non-hydrogen) atoms. The molecular formula is C16H32N6O2S. The number of hydrogen-bond donors (Lipinski definition) is 3. The van der Waals surface area contributed by atoms with Gasteiger partial charge in [-0.15, -0.1) is 0 Å². The van der Waals surface area contributed by atoms with Gasteiger partial charge in [-0.2, -0.15) is 5.10 Å². The lowest BCUT2D eigenvalue weighted by Gasteiger charge is -2.18. The molecule has 1 aromatic heterocycles. The monoisotopic (exact) mass is 372 g/mol. The highest BCUT2D eigenvalue weighted by atomic mass is 32.2. The third-order valence-corrected chi connectivity index (χ3v) is 4.59. The van der Waals surface area contributed by atoms with Crippen LogP contribution in [0.1, 0.15) is 37.2 Å². The van der Waals surface area contributed by atoms with Crippen molar-refractivity contribution in [2.45, 2.75) is 46.6 Å². The third-order valence-electron chi connectivity index (χ3n) is 3.87. The van der Waals surface area contributed by atoms with Crippen LogP contribution < -0.4 is 15.4 Å². The number of sulfonamides is 1. The van der Waals surface area contributed by atoms with Gasteiger partial charge in [-0.25, -0.2) is 13.1 Å². The SMILES string of the molecule is CCNC(=NCCCNS(C)(=O)=O)NC(C)Cc1c(C)nn(C)c1C. The van der Waals surface area contributed by atoms with Gasteiger partial charge in [-0.1, -0.05) is 0 Å². The van der Waals surface area contributed by atoms with Gasteiger partial charge in [0.1, 0.15) is 0 Å². The molecule has 3 N–H and O–H groups in total. The molecule has 0 aliphatic rings. The van der Waals surface area contributed by atoms with Crippen LogP contribution in [0.3, 0.4) is 0 Å². The Balaban J connectivity index is 2.56. The van der Waals surface area contributed by atoms with E-state index in [2.05, 4.69) is 39.3 Å². The van der Waals surface area contributed by atoms with Crippen molar-refractivity contribution in [3.63, 3.8) is 0 Å². The molecule has 0 fully saturated rings. The zero-order valence-corrected chi connectivity index (χ0v) is 17.0. The fourth-order valence-electron chi connectivity index (χ4n) is 2.55. The maximum atomic E-state index is 11.0. The standard InChI is InChI=1S/C16H32N6O2S/c1-7-17-16(18-9-8-10-19-25(6,23)24)20-12(2)11-15-13(3)21-22(5)14(15)4/h12,19H,7-11H2,1-6H3,(H2,17,18,20). The number of rotatable bonds is 9. The highest BCUT2D eigenvalue weighted by Gasteiger charge is 2.13. The molecule has 1 atom stereocenters. The molecule has 0 aliphatic carbocycles. The normalized spacial score (nSPS) is 13.8. The first kappa shape index (κ1) is 21.4. The predicted molar refractivity (Wildman–Crippen MR) is 102 cm³/mol. The molecule has 0 spiro atoms. The van der Waals surface area contributed by atoms with Crippen molar-refractivity contribution < 1.29 is 8.42 Å². The van der Waals surface area contributed by atoms with Crippen molar-refractivity contribution in [2.24, 2.45) is 12.0 Å². The van der Waals surface area contributed by atoms with Crippen LogP contribution in [0, 0.1) is 13.8 Å². The van der Waals surface area contributed by atoms with E-state index in [1.807, 2.05) is 25.6 Å². The van der Waals surface area contributed by atoms with E-state index in [9.17, 15) is 8.42 Å². The number of aryl methyl sites for hydroxylation is 2. The average molecular weight is 373 g/mol. The molecule has 0 saturated carbocycles. The van der Waals surface area contributed by atoms with Gasteiger partial charge in [0.15, 0.2) is 5.96 Å². The highest BCUT2D eigenvalue weighted by molar-refractivity contribution is 7.88. The lowest BCUT2D eigenvalue weighted by Crippen LogP contribution is -2.43. The minimum Gasteiger partial charge on any atom is -0.357 e. The van der Waals surface area contributed by atoms with E-state index in [0.29, 0.717) is 19.5 Å². The second-order valence-corrected chi connectivity index (χ2v) is 8.14. The van der Waals surface area contributed by atoms with E-state index >= 15 is 0 Å². The van der Waals surface area contributed by atoms with Gasteiger partial charge in [0.2, 0.25) is 10.0 Å². The Morgan fingerprint density at radius 3 is 2.56 bits per heavy atom. The molecule has 0 amide bonds. The average Bonchev–Trinajstić information content (AvgIpc) is 2.72. The molecule has 1 aromatic rings. The largest absolute Gasteiger partial charge is 0.357 e. The second kappa shape index (κ2) is 9.76. The van der Waals surface area contributed by atoms with Crippen molar-refractivity contribution in [1.82, 2.24) is 25.1 Å². The molecule has 0 bridgehead atoms. The number of aromatic nitrogens is 2. The lowest BCUT2D eigenvalue weighted by atomic mass is 10.1. The van der Waals surface area contributed by atoms with E-state index in [1.165, 1.54) is 11.3 Å². The number of nitrogens with one attached hydrogen (secondary N) is 3. The van der Waals surface area contributed by atoms with Crippen LogP contribution in [0.5, 0.6) is 0 Å². The van der Waals surface area contributed by atoms with E-state index in [0.717, 1.165) is 30.9 Å². The van der Waals surface area contributed by atoms with Crippen molar-refractivity contribution >= 4 is 16.0 Å². The smallest absolute Gasteiger partial charge is 0.208 e. The van der Waals surface area contributed by atoms with Crippen LogP contribution in [-0.4, -0.2) is 56.1 Å². The van der Waals surface area contributed by atoms with Gasteiger partial charge < -0.3 is 10.6 Å². The quantitative estimate of drug-likeness (QED) is 0.332. The molecule has 0 saturated heterocycles. The molecule has 8 nitrogen and oxygen atoms in total. The Morgan fingerprint density at radius 1 is 1.36 bits per heavy atom. The van der Waals surface area contributed by atoms with E-state index < -0.39 is 10.0 Å². The summed E-state index contributed by atoms with van der Waals surface area (Å²) in [5, 5.41) is 11.1. The Bertz CT molecular complexity index is 681. The van der Waals surface area contributed by atoms with Gasteiger partial charge in [0, 0.05) is 38.4 Å². The summed E-state index contributed by atoms with van der Waals surface area (Å²) in [6, 6.07) is 0.202. The summed E-state index contributed by atoms with van der Waals surface area (Å²) in [7, 11) is -1.17. The second-order valence-electron chi connectivity index (χ2n) is 6.30. The fraction of sp³-hybridized carbons (Fsp3) is 0.750. The maximum absolute atomic E-state index is 11.0. The van der Waals surface area contributed by atoms with Gasteiger partial charge in [-0.3, -0.25) is 9.67 Å². The summed E-state index contributed by atoms with van der Waals surface area (Å²) in [5.74, 6) is 0.744. The minimum absolute atomic E-state index is 0.202. The van der Waals surface area contributed by atoms with Crippen LogP contribution in [-0.2, 0) is 23.5 Å². The van der Waals surface area contributed by atoms with Crippen LogP contribution in [0.2, 0.25) is 0 Å². The van der Waals surface area contributed by atoms with Crippen molar-refractivity contribution in [3.05, 3.63) is 17.0 Å². The minimum atomic E-state index is -3.13. The Kier molecular flexibility index (Phi) is 8.37. The first-order chi connectivity index (χ1) is 11.6. The lowest BCUT2D eigenvalue weighted by molar-refractivity contribution is 0.585. The Hall–Kier alpha value is -1.61. The summed E-state index contributed by atoms with van der Waals surface area (Å²) >= 11 is 0. The zero-order valence-electron chi connectivity index (χ0n) is 16.2. The van der Waals surface area contributed by atoms with Crippen LogP contribution >= 0.6 is 0 Å². The summed E-state index contributed by atoms with van der Waals surface area (Å²) < 4.78 is 26.4. The van der Waals surface area contributed by atoms with Gasteiger partial charge in [0.25, 0.3) is 0 Å². The number of nitrogens with zero attached hydrogens (tertiary/aromatic N) is 3. The molecule has 0 radical (unpaired) electrons. The fourth-order valence-corrected chi connectivity index (χ4v) is 3.07. The van der Waals surface area contributed by atoms with Crippen LogP contribution in [0.25, 0.3) is 0 Å². The van der Waals surface area contributed by atoms with Gasteiger partial charge >= 0.3 is 0 Å². The summed E-state index contributed by atoms with van der Waals surface area (Å²) in [6.45, 7) is 9.96. The van der Waals surface area contributed by atoms with Crippen LogP contribution in [0.4, 0.5) is 0 Å². The molecule has 9 heteroatoms. The molecule has 0 aromatic carbocycles. The molecule has 1 unspecified atom stereocenters. The predicted octanol–water partition coefficient (Wildman–Crippen LogP) is 0.462. The number of hydrogen-bond acceptors (Lipinski definition) is 4. The van der Waals surface area contributed by atoms with Crippen molar-refractivity contribution in [1.29, 1.82) is 0 Å². The molecular weight excluding hydrogens is 340 g/mol. The zero-order chi connectivity index (χ0) is 19.0. The number of aliphatic imine (C=N–C) groups is 1. The Morgan fingerprint density at radius 2 is 2.04 bits per heavy atom. The first-order valence-corrected chi connectivity index (χ1v) is 10.5. The van der Waals surface area contributed by atoms with Crippen molar-refractivity contribution in [2.75, 3.05) is 25.9 Å². The van der Waals surface area contributed by atoms with E-state index in [1.54, 1.807) is 0 Å². The summed E-state index contributed by atoms with van der Waals surface area (Å²) in [5.41, 5.74) is 3.50. The van der Waals surface area contributed by atoms with Crippen molar-refractivity contribution in [3.8, 4) is 0 Å². The molecule has 1 rings (SSSR count). The first-order valence-electron chi connectivity index (χ1n) is 8.62. The molecule has 144 valence electrons. The van der Waals surface area contributed by atoms with E-state index in [4.69, 9.17) is 0 Å². The highest BCUT2D eigenvalue weighted by Crippen LogP contribution is 2.14. The summed E-state index contributed by atoms with van der Waals surface area (Å²) in [6.07, 6.45) is 2.68. The molecule has 1 heterocycles. The maximum Gasteiger partial charge on any atom is 0.208 e. The van der Waals surface area contributed by atoms with Gasteiger partial charge in [0.05, 0.1) is 11.9 Å². The van der Waals surface area contributed by atoms with Crippen LogP contribution in [0.15, 0.2) is 4.99 Å². The van der Waals surface area contributed by atoms with Gasteiger partial charge in [-0.05, 0) is 46.1 Å². The third kappa shape index (κ3) is 7.87. The summed E-state index contributed by atoms with van der Waals surface area (Å²) in [4.78, 5) is 4.50. The number of guanidine groups is 1. The Labute approximate surface area is 151 Å². The van der Waals surface area contributed by atoms with E-state index in [-0.39, 0.29) is 6.04 Å². The topological polar surface area (TPSA) is 100 Å².